The zero-order chi connectivity index (χ0) is 21.8. The molecule has 0 N–H and O–H groups in total. The van der Waals surface area contributed by atoms with E-state index in [-0.39, 0.29) is 5.91 Å². The van der Waals surface area contributed by atoms with Crippen molar-refractivity contribution in [3.63, 3.8) is 0 Å². The van der Waals surface area contributed by atoms with Gasteiger partial charge in [-0.25, -0.2) is 0 Å². The molecule has 1 aliphatic rings. The van der Waals surface area contributed by atoms with Gasteiger partial charge in [-0.1, -0.05) is 12.1 Å². The smallest absolute Gasteiger partial charge is 0.282 e. The number of hydrogen-bond acceptors (Lipinski definition) is 6. The zero-order valence-electron chi connectivity index (χ0n) is 17.3. The number of imide groups is 1. The first-order chi connectivity index (χ1) is 14.3. The predicted octanol–water partition coefficient (Wildman–Crippen LogP) is 2.57. The van der Waals surface area contributed by atoms with Crippen LogP contribution in [0.3, 0.4) is 0 Å². The summed E-state index contributed by atoms with van der Waals surface area (Å²) in [6, 6.07) is 11.6. The second-order valence-corrected chi connectivity index (χ2v) is 6.84. The Morgan fingerprint density at radius 1 is 1.10 bits per heavy atom. The summed E-state index contributed by atoms with van der Waals surface area (Å²) in [4.78, 5) is 38.3. The molecule has 0 bridgehead atoms. The fourth-order valence-corrected chi connectivity index (χ4v) is 2.98. The number of amides is 3. The van der Waals surface area contributed by atoms with Gasteiger partial charge in [0.15, 0.2) is 17.6 Å². The van der Waals surface area contributed by atoms with Gasteiger partial charge >= 0.3 is 0 Å². The first-order valence-electron chi connectivity index (χ1n) is 9.50. The van der Waals surface area contributed by atoms with E-state index in [1.54, 1.807) is 63.5 Å². The molecule has 0 saturated carbocycles. The Morgan fingerprint density at radius 3 is 2.30 bits per heavy atom. The third-order valence-electron chi connectivity index (χ3n) is 4.45. The molecule has 0 spiro atoms. The second kappa shape index (κ2) is 8.77. The number of likely N-dealkylation sites (N-methyl/N-ethyl adjacent to an activating group) is 1. The maximum Gasteiger partial charge on any atom is 0.282 e. The van der Waals surface area contributed by atoms with Gasteiger partial charge in [-0.15, -0.1) is 0 Å². The van der Waals surface area contributed by atoms with Crippen LogP contribution in [0.2, 0.25) is 0 Å². The number of carbonyl (C=O) groups excluding carboxylic acids is 3. The first-order valence-corrected chi connectivity index (χ1v) is 9.50. The molecule has 2 aromatic carbocycles. The SMILES string of the molecule is CCOc1cc(/C=N\N2C(=O)c3ccccc3C2=O)ccc1O[C@@H](C)C(=O)N(C)C. The fourth-order valence-electron chi connectivity index (χ4n) is 2.98. The number of rotatable bonds is 7. The number of nitrogens with zero attached hydrogens (tertiary/aromatic N) is 3. The van der Waals surface area contributed by atoms with E-state index in [9.17, 15) is 14.4 Å². The summed E-state index contributed by atoms with van der Waals surface area (Å²) in [5, 5.41) is 4.91. The zero-order valence-corrected chi connectivity index (χ0v) is 17.3. The maximum absolute atomic E-state index is 12.4. The van der Waals surface area contributed by atoms with Crippen molar-refractivity contribution in [3.05, 3.63) is 59.2 Å². The molecule has 0 fully saturated rings. The van der Waals surface area contributed by atoms with Gasteiger partial charge in [-0.3, -0.25) is 14.4 Å². The van der Waals surface area contributed by atoms with Crippen molar-refractivity contribution in [2.75, 3.05) is 20.7 Å². The van der Waals surface area contributed by atoms with E-state index in [1.807, 2.05) is 6.92 Å². The molecule has 1 heterocycles. The number of hydrazone groups is 1. The van der Waals surface area contributed by atoms with Gasteiger partial charge < -0.3 is 14.4 Å². The van der Waals surface area contributed by atoms with Crippen molar-refractivity contribution >= 4 is 23.9 Å². The van der Waals surface area contributed by atoms with Crippen LogP contribution in [0.15, 0.2) is 47.6 Å². The van der Waals surface area contributed by atoms with Crippen molar-refractivity contribution in [2.24, 2.45) is 5.10 Å². The molecular weight excluding hydrogens is 386 g/mol. The summed E-state index contributed by atoms with van der Waals surface area (Å²) >= 11 is 0. The summed E-state index contributed by atoms with van der Waals surface area (Å²) < 4.78 is 11.4. The molecule has 8 nitrogen and oxygen atoms in total. The highest BCUT2D eigenvalue weighted by Crippen LogP contribution is 2.29. The molecule has 30 heavy (non-hydrogen) atoms. The van der Waals surface area contributed by atoms with Gasteiger partial charge in [0.05, 0.1) is 23.9 Å². The van der Waals surface area contributed by atoms with Gasteiger partial charge in [-0.2, -0.15) is 10.1 Å². The van der Waals surface area contributed by atoms with Crippen LogP contribution in [-0.4, -0.2) is 60.7 Å². The Labute approximate surface area is 174 Å². The van der Waals surface area contributed by atoms with Crippen molar-refractivity contribution < 1.29 is 23.9 Å². The standard InChI is InChI=1S/C22H23N3O5/c1-5-29-19-12-15(10-11-18(19)30-14(2)20(26)24(3)4)13-23-25-21(27)16-8-6-7-9-17(16)22(25)28/h6-14H,5H2,1-4H3/b23-13-/t14-/m0/s1. The lowest BCUT2D eigenvalue weighted by atomic mass is 10.1. The molecule has 1 aliphatic heterocycles. The largest absolute Gasteiger partial charge is 0.490 e. The topological polar surface area (TPSA) is 88.5 Å². The molecule has 156 valence electrons. The minimum atomic E-state index is -0.683. The third-order valence-corrected chi connectivity index (χ3v) is 4.45. The molecular formula is C22H23N3O5. The van der Waals surface area contributed by atoms with E-state index in [0.29, 0.717) is 34.8 Å². The Balaban J connectivity index is 1.80. The number of carbonyl (C=O) groups is 3. The highest BCUT2D eigenvalue weighted by molar-refractivity contribution is 6.21. The maximum atomic E-state index is 12.4. The van der Waals surface area contributed by atoms with Crippen LogP contribution in [-0.2, 0) is 4.79 Å². The van der Waals surface area contributed by atoms with Crippen LogP contribution in [0.1, 0.15) is 40.1 Å². The van der Waals surface area contributed by atoms with Crippen LogP contribution < -0.4 is 9.47 Å². The predicted molar refractivity (Wildman–Crippen MR) is 111 cm³/mol. The summed E-state index contributed by atoms with van der Waals surface area (Å²) in [6.07, 6.45) is 0.722. The third kappa shape index (κ3) is 4.17. The fraction of sp³-hybridized carbons (Fsp3) is 0.273. The molecule has 0 radical (unpaired) electrons. The van der Waals surface area contributed by atoms with Crippen LogP contribution >= 0.6 is 0 Å². The normalized spacial score (nSPS) is 14.1. The Hall–Kier alpha value is -3.68. The lowest BCUT2D eigenvalue weighted by molar-refractivity contribution is -0.135. The Kier molecular flexibility index (Phi) is 6.15. The van der Waals surface area contributed by atoms with E-state index in [2.05, 4.69) is 5.10 Å². The van der Waals surface area contributed by atoms with Crippen molar-refractivity contribution in [1.82, 2.24) is 9.91 Å². The second-order valence-electron chi connectivity index (χ2n) is 6.84. The monoisotopic (exact) mass is 409 g/mol. The molecule has 3 rings (SSSR count). The van der Waals surface area contributed by atoms with Gasteiger partial charge in [0, 0.05) is 14.1 Å². The van der Waals surface area contributed by atoms with Crippen molar-refractivity contribution in [2.45, 2.75) is 20.0 Å². The Bertz CT molecular complexity index is 981. The van der Waals surface area contributed by atoms with E-state index < -0.39 is 17.9 Å². The quantitative estimate of drug-likeness (QED) is 0.518. The van der Waals surface area contributed by atoms with Crippen LogP contribution in [0.25, 0.3) is 0 Å². The molecule has 8 heteroatoms. The number of ether oxygens (including phenoxy) is 2. The van der Waals surface area contributed by atoms with E-state index in [4.69, 9.17) is 9.47 Å². The number of benzene rings is 2. The number of hydrogen-bond donors (Lipinski definition) is 0. The lowest BCUT2D eigenvalue weighted by Crippen LogP contribution is -2.35. The van der Waals surface area contributed by atoms with E-state index in [1.165, 1.54) is 11.1 Å². The summed E-state index contributed by atoms with van der Waals surface area (Å²) in [5.74, 6) is -0.255. The Morgan fingerprint density at radius 2 is 1.73 bits per heavy atom. The molecule has 1 atom stereocenters. The molecule has 0 aromatic heterocycles. The summed E-state index contributed by atoms with van der Waals surface area (Å²) in [5.41, 5.74) is 1.27. The summed E-state index contributed by atoms with van der Waals surface area (Å²) in [7, 11) is 3.31. The van der Waals surface area contributed by atoms with Gasteiger partial charge in [0.2, 0.25) is 0 Å². The minimum absolute atomic E-state index is 0.172. The van der Waals surface area contributed by atoms with Crippen LogP contribution in [0.4, 0.5) is 0 Å². The van der Waals surface area contributed by atoms with E-state index >= 15 is 0 Å². The molecule has 0 aliphatic carbocycles. The molecule has 0 unspecified atom stereocenters. The lowest BCUT2D eigenvalue weighted by Gasteiger charge is -2.20. The van der Waals surface area contributed by atoms with Gasteiger partial charge in [0.1, 0.15) is 0 Å². The van der Waals surface area contributed by atoms with E-state index in [0.717, 1.165) is 5.01 Å². The van der Waals surface area contributed by atoms with Crippen LogP contribution in [0, 0.1) is 0 Å². The minimum Gasteiger partial charge on any atom is -0.490 e. The highest BCUT2D eigenvalue weighted by Gasteiger charge is 2.35. The first kappa shape index (κ1) is 21.0. The van der Waals surface area contributed by atoms with Gasteiger partial charge in [0.25, 0.3) is 17.7 Å². The average Bonchev–Trinajstić information content (AvgIpc) is 2.98. The van der Waals surface area contributed by atoms with Crippen molar-refractivity contribution in [3.8, 4) is 11.5 Å². The van der Waals surface area contributed by atoms with Gasteiger partial charge in [-0.05, 0) is 49.7 Å². The number of fused-ring (bicyclic) bond motifs is 1. The van der Waals surface area contributed by atoms with Crippen LogP contribution in [0.5, 0.6) is 11.5 Å². The van der Waals surface area contributed by atoms with Crippen molar-refractivity contribution in [1.29, 1.82) is 0 Å². The molecule has 3 amide bonds. The highest BCUT2D eigenvalue weighted by atomic mass is 16.5. The average molecular weight is 409 g/mol. The molecule has 0 saturated heterocycles. The molecule has 2 aromatic rings. The summed E-state index contributed by atoms with van der Waals surface area (Å²) in [6.45, 7) is 3.89.